The van der Waals surface area contributed by atoms with E-state index in [1.54, 1.807) is 15.9 Å². The second-order valence-corrected chi connectivity index (χ2v) is 6.05. The standard InChI is InChI=1S/C17H27N3O3.ClH/c1-4-14-5-6-15(23-14)17(22)20-10-7-13(8-11-20)16(21)19(3)12-9-18-2;/h5-6,13,18H,4,7-12H2,1-3H3;1H. The van der Waals surface area contributed by atoms with Gasteiger partial charge in [0.2, 0.25) is 5.91 Å². The number of nitrogens with one attached hydrogen (secondary N) is 1. The molecule has 7 heteroatoms. The Bertz CT molecular complexity index is 539. The molecule has 0 spiro atoms. The van der Waals surface area contributed by atoms with Gasteiger partial charge in [0.05, 0.1) is 0 Å². The smallest absolute Gasteiger partial charge is 0.289 e. The average molecular weight is 358 g/mol. The van der Waals surface area contributed by atoms with Crippen LogP contribution in [0.3, 0.4) is 0 Å². The highest BCUT2D eigenvalue weighted by atomic mass is 35.5. The Labute approximate surface area is 150 Å². The van der Waals surface area contributed by atoms with Crippen molar-refractivity contribution < 1.29 is 14.0 Å². The van der Waals surface area contributed by atoms with E-state index in [2.05, 4.69) is 5.32 Å². The Morgan fingerprint density at radius 1 is 1.33 bits per heavy atom. The summed E-state index contributed by atoms with van der Waals surface area (Å²) in [6.07, 6.45) is 2.22. The maximum absolute atomic E-state index is 12.4. The van der Waals surface area contributed by atoms with Crippen LogP contribution in [0.15, 0.2) is 16.5 Å². The quantitative estimate of drug-likeness (QED) is 0.843. The van der Waals surface area contributed by atoms with Crippen molar-refractivity contribution in [2.45, 2.75) is 26.2 Å². The molecule has 2 rings (SSSR count). The summed E-state index contributed by atoms with van der Waals surface area (Å²) >= 11 is 0. The summed E-state index contributed by atoms with van der Waals surface area (Å²) in [5, 5.41) is 3.05. The molecular weight excluding hydrogens is 330 g/mol. The molecular formula is C17H28ClN3O3. The zero-order chi connectivity index (χ0) is 16.8. The number of halogens is 1. The first-order valence-electron chi connectivity index (χ1n) is 8.34. The lowest BCUT2D eigenvalue weighted by molar-refractivity contribution is -0.135. The number of piperidine rings is 1. The van der Waals surface area contributed by atoms with Crippen molar-refractivity contribution in [3.05, 3.63) is 23.7 Å². The number of likely N-dealkylation sites (tertiary alicyclic amines) is 1. The molecule has 6 nitrogen and oxygen atoms in total. The van der Waals surface area contributed by atoms with Crippen molar-refractivity contribution >= 4 is 24.2 Å². The Balaban J connectivity index is 0.00000288. The number of rotatable bonds is 6. The molecule has 1 fully saturated rings. The number of carbonyl (C=O) groups is 2. The lowest BCUT2D eigenvalue weighted by Crippen LogP contribution is -2.44. The van der Waals surface area contributed by atoms with Gasteiger partial charge in [0.1, 0.15) is 5.76 Å². The molecule has 1 saturated heterocycles. The fraction of sp³-hybridized carbons (Fsp3) is 0.647. The second kappa shape index (κ2) is 9.69. The number of hydrogen-bond acceptors (Lipinski definition) is 4. The molecule has 0 atom stereocenters. The van der Waals surface area contributed by atoms with E-state index in [4.69, 9.17) is 4.42 Å². The normalized spacial score (nSPS) is 15.0. The minimum Gasteiger partial charge on any atom is -0.456 e. The van der Waals surface area contributed by atoms with Crippen molar-refractivity contribution in [3.8, 4) is 0 Å². The van der Waals surface area contributed by atoms with Gasteiger partial charge in [-0.25, -0.2) is 0 Å². The first-order valence-corrected chi connectivity index (χ1v) is 8.34. The highest BCUT2D eigenvalue weighted by Gasteiger charge is 2.30. The Morgan fingerprint density at radius 3 is 2.54 bits per heavy atom. The Kier molecular flexibility index (Phi) is 8.28. The third kappa shape index (κ3) is 4.98. The van der Waals surface area contributed by atoms with E-state index >= 15 is 0 Å². The van der Waals surface area contributed by atoms with E-state index < -0.39 is 0 Å². The van der Waals surface area contributed by atoms with Crippen LogP contribution < -0.4 is 5.32 Å². The van der Waals surface area contributed by atoms with Crippen LogP contribution in [-0.4, -0.2) is 61.9 Å². The SMILES string of the molecule is CCc1ccc(C(=O)N2CCC(C(=O)N(C)CCNC)CC2)o1.Cl. The number of carbonyl (C=O) groups excluding carboxylic acids is 2. The fourth-order valence-corrected chi connectivity index (χ4v) is 2.87. The van der Waals surface area contributed by atoms with Crippen molar-refractivity contribution in [1.29, 1.82) is 0 Å². The maximum Gasteiger partial charge on any atom is 0.289 e. The van der Waals surface area contributed by atoms with E-state index in [1.165, 1.54) is 0 Å². The van der Waals surface area contributed by atoms with E-state index in [9.17, 15) is 9.59 Å². The molecule has 1 aromatic rings. The van der Waals surface area contributed by atoms with Gasteiger partial charge in [-0.1, -0.05) is 6.92 Å². The first kappa shape index (κ1) is 20.5. The van der Waals surface area contributed by atoms with Crippen LogP contribution in [0.25, 0.3) is 0 Å². The lowest BCUT2D eigenvalue weighted by Gasteiger charge is -2.32. The Morgan fingerprint density at radius 2 is 2.00 bits per heavy atom. The minimum atomic E-state index is -0.0702. The summed E-state index contributed by atoms with van der Waals surface area (Å²) in [5.41, 5.74) is 0. The molecule has 2 heterocycles. The third-order valence-electron chi connectivity index (χ3n) is 4.43. The molecule has 136 valence electrons. The van der Waals surface area contributed by atoms with Crippen molar-refractivity contribution in [2.24, 2.45) is 5.92 Å². The summed E-state index contributed by atoms with van der Waals surface area (Å²) in [7, 11) is 3.72. The lowest BCUT2D eigenvalue weighted by atomic mass is 9.95. The molecule has 1 aliphatic heterocycles. The summed E-state index contributed by atoms with van der Waals surface area (Å²) in [4.78, 5) is 28.3. The summed E-state index contributed by atoms with van der Waals surface area (Å²) in [5.74, 6) is 1.35. The van der Waals surface area contributed by atoms with E-state index in [1.807, 2.05) is 27.1 Å². The fourth-order valence-electron chi connectivity index (χ4n) is 2.87. The zero-order valence-electron chi connectivity index (χ0n) is 14.7. The van der Waals surface area contributed by atoms with Crippen LogP contribution in [0.2, 0.25) is 0 Å². The topological polar surface area (TPSA) is 65.8 Å². The molecule has 24 heavy (non-hydrogen) atoms. The van der Waals surface area contributed by atoms with Gasteiger partial charge >= 0.3 is 0 Å². The number of likely N-dealkylation sites (N-methyl/N-ethyl adjacent to an activating group) is 2. The zero-order valence-corrected chi connectivity index (χ0v) is 15.5. The number of nitrogens with zero attached hydrogens (tertiary/aromatic N) is 2. The molecule has 0 bridgehead atoms. The average Bonchev–Trinajstić information content (AvgIpc) is 3.07. The number of furan rings is 1. The summed E-state index contributed by atoms with van der Waals surface area (Å²) in [6, 6.07) is 3.59. The van der Waals surface area contributed by atoms with E-state index in [0.717, 1.165) is 31.6 Å². The summed E-state index contributed by atoms with van der Waals surface area (Å²) in [6.45, 7) is 4.71. The van der Waals surface area contributed by atoms with Crippen molar-refractivity contribution in [1.82, 2.24) is 15.1 Å². The molecule has 0 radical (unpaired) electrons. The van der Waals surface area contributed by atoms with Crippen LogP contribution in [0.4, 0.5) is 0 Å². The molecule has 1 N–H and O–H groups in total. The maximum atomic E-state index is 12.4. The van der Waals surface area contributed by atoms with Crippen LogP contribution in [0.5, 0.6) is 0 Å². The van der Waals surface area contributed by atoms with Crippen molar-refractivity contribution in [3.63, 3.8) is 0 Å². The predicted molar refractivity (Wildman–Crippen MR) is 95.5 cm³/mol. The van der Waals surface area contributed by atoms with Gasteiger partial charge in [-0.3, -0.25) is 9.59 Å². The van der Waals surface area contributed by atoms with Crippen LogP contribution in [0, 0.1) is 5.92 Å². The third-order valence-corrected chi connectivity index (χ3v) is 4.43. The van der Waals surface area contributed by atoms with Gasteiger partial charge in [-0.2, -0.15) is 0 Å². The van der Waals surface area contributed by atoms with Crippen molar-refractivity contribution in [2.75, 3.05) is 40.3 Å². The molecule has 0 aliphatic carbocycles. The number of aryl methyl sites for hydroxylation is 1. The van der Waals surface area contributed by atoms with Gasteiger partial charge in [-0.15, -0.1) is 12.4 Å². The largest absolute Gasteiger partial charge is 0.456 e. The number of amides is 2. The molecule has 0 aromatic carbocycles. The minimum absolute atomic E-state index is 0. The van der Waals surface area contributed by atoms with Gasteiger partial charge in [0.25, 0.3) is 5.91 Å². The molecule has 0 unspecified atom stereocenters. The molecule has 2 amide bonds. The van der Waals surface area contributed by atoms with E-state index in [-0.39, 0.29) is 30.1 Å². The van der Waals surface area contributed by atoms with Gasteiger partial charge < -0.3 is 19.5 Å². The van der Waals surface area contributed by atoms with Crippen LogP contribution >= 0.6 is 12.4 Å². The van der Waals surface area contributed by atoms with Gasteiger partial charge in [-0.05, 0) is 32.0 Å². The predicted octanol–water partition coefficient (Wildman–Crippen LogP) is 1.79. The molecule has 1 aliphatic rings. The molecule has 1 aromatic heterocycles. The Hall–Kier alpha value is -1.53. The second-order valence-electron chi connectivity index (χ2n) is 6.05. The van der Waals surface area contributed by atoms with Gasteiger partial charge in [0.15, 0.2) is 5.76 Å². The highest BCUT2D eigenvalue weighted by Crippen LogP contribution is 2.21. The van der Waals surface area contributed by atoms with Crippen LogP contribution in [-0.2, 0) is 11.2 Å². The number of hydrogen-bond donors (Lipinski definition) is 1. The highest BCUT2D eigenvalue weighted by molar-refractivity contribution is 5.91. The monoisotopic (exact) mass is 357 g/mol. The van der Waals surface area contributed by atoms with Crippen LogP contribution in [0.1, 0.15) is 36.1 Å². The van der Waals surface area contributed by atoms with E-state index in [0.29, 0.717) is 25.4 Å². The molecule has 0 saturated carbocycles. The summed E-state index contributed by atoms with van der Waals surface area (Å²) < 4.78 is 5.53. The van der Waals surface area contributed by atoms with Gasteiger partial charge in [0, 0.05) is 45.6 Å². The first-order chi connectivity index (χ1) is 11.1.